The topological polar surface area (TPSA) is 87.1 Å². The zero-order chi connectivity index (χ0) is 27.2. The van der Waals surface area contributed by atoms with Crippen molar-refractivity contribution in [2.45, 2.75) is 38.5 Å². The van der Waals surface area contributed by atoms with Crippen LogP contribution in [0.1, 0.15) is 54.0 Å². The number of aromatic nitrogens is 4. The van der Waals surface area contributed by atoms with Crippen LogP contribution in [0.3, 0.4) is 0 Å². The highest BCUT2D eigenvalue weighted by Crippen LogP contribution is 2.39. The molecule has 0 atom stereocenters. The summed E-state index contributed by atoms with van der Waals surface area (Å²) in [5.74, 6) is 1.48. The van der Waals surface area contributed by atoms with Crippen LogP contribution in [0, 0.1) is 0 Å². The van der Waals surface area contributed by atoms with Gasteiger partial charge in [0.05, 0.1) is 5.69 Å². The molecule has 2 aromatic heterocycles. The van der Waals surface area contributed by atoms with E-state index in [1.807, 2.05) is 68.7 Å². The summed E-state index contributed by atoms with van der Waals surface area (Å²) in [6, 6.07) is 19.3. The lowest BCUT2D eigenvalue weighted by Crippen LogP contribution is -2.32. The zero-order valence-electron chi connectivity index (χ0n) is 22.8. The normalized spacial score (nSPS) is 13.6. The molecule has 1 amide bonds. The number of carbonyl (C=O) groups excluding carboxylic acids is 1. The Hall–Kier alpha value is -3.69. The average Bonchev–Trinajstić information content (AvgIpc) is 3.67. The summed E-state index contributed by atoms with van der Waals surface area (Å²) in [4.78, 5) is 27.5. The predicted octanol–water partition coefficient (Wildman–Crippen LogP) is 5.96. The summed E-state index contributed by atoms with van der Waals surface area (Å²) < 4.78 is 0. The van der Waals surface area contributed by atoms with E-state index in [-0.39, 0.29) is 5.91 Å². The van der Waals surface area contributed by atoms with Crippen molar-refractivity contribution < 1.29 is 4.79 Å². The van der Waals surface area contributed by atoms with Crippen LogP contribution in [0.4, 0.5) is 11.5 Å². The lowest BCUT2D eigenvalue weighted by molar-refractivity contribution is 0.102. The minimum absolute atomic E-state index is 0.285. The number of amides is 1. The summed E-state index contributed by atoms with van der Waals surface area (Å²) in [7, 11) is 4.10. The van der Waals surface area contributed by atoms with E-state index in [0.717, 1.165) is 46.6 Å². The Labute approximate surface area is 234 Å². The maximum absolute atomic E-state index is 13.7. The average molecular weight is 542 g/mol. The van der Waals surface area contributed by atoms with E-state index in [1.165, 1.54) is 25.7 Å². The van der Waals surface area contributed by atoms with Crippen LogP contribution < -0.4 is 10.2 Å². The van der Waals surface area contributed by atoms with Crippen molar-refractivity contribution in [3.8, 4) is 22.0 Å². The van der Waals surface area contributed by atoms with E-state index >= 15 is 0 Å². The van der Waals surface area contributed by atoms with Crippen molar-refractivity contribution in [1.82, 2.24) is 25.1 Å². The Morgan fingerprint density at radius 2 is 1.72 bits per heavy atom. The summed E-state index contributed by atoms with van der Waals surface area (Å²) >= 11 is 1.63. The molecule has 1 N–H and O–H groups in total. The van der Waals surface area contributed by atoms with Crippen LogP contribution in [0.25, 0.3) is 22.0 Å². The molecule has 5 rings (SSSR count). The highest BCUT2D eigenvalue weighted by Gasteiger charge is 2.23. The van der Waals surface area contributed by atoms with Gasteiger partial charge in [-0.15, -0.1) is 10.2 Å². The molecule has 1 aliphatic rings. The first-order valence-electron chi connectivity index (χ1n) is 13.6. The van der Waals surface area contributed by atoms with E-state index in [2.05, 4.69) is 37.2 Å². The molecule has 0 radical (unpaired) electrons. The van der Waals surface area contributed by atoms with Crippen LogP contribution in [0.5, 0.6) is 0 Å². The summed E-state index contributed by atoms with van der Waals surface area (Å²) in [5.41, 5.74) is 2.75. The van der Waals surface area contributed by atoms with Gasteiger partial charge in [0.2, 0.25) is 0 Å². The number of anilines is 2. The van der Waals surface area contributed by atoms with Gasteiger partial charge >= 0.3 is 0 Å². The standard InChI is InChI=1S/C30H35N7OS/c1-4-37(19-18-36(2)3)26-20-25(31-27(33-26)21-12-6-5-7-13-21)28(38)32-24-17-11-10-16-23(24)30-35-34-29(39-30)22-14-8-9-15-22/h5-7,10-13,16-17,20,22H,4,8-9,14-15,18-19H2,1-3H3,(H,32,38). The fourth-order valence-corrected chi connectivity index (χ4v) is 5.88. The quantitative estimate of drug-likeness (QED) is 0.265. The van der Waals surface area contributed by atoms with Gasteiger partial charge in [-0.1, -0.05) is 66.6 Å². The van der Waals surface area contributed by atoms with E-state index in [1.54, 1.807) is 17.4 Å². The second-order valence-corrected chi connectivity index (χ2v) is 11.1. The minimum Gasteiger partial charge on any atom is -0.355 e. The van der Waals surface area contributed by atoms with E-state index < -0.39 is 0 Å². The predicted molar refractivity (Wildman–Crippen MR) is 158 cm³/mol. The van der Waals surface area contributed by atoms with Gasteiger partial charge in [0, 0.05) is 42.7 Å². The number of nitrogens with one attached hydrogen (secondary N) is 1. The smallest absolute Gasteiger partial charge is 0.274 e. The SMILES string of the molecule is CCN(CCN(C)C)c1cc(C(=O)Nc2ccccc2-c2nnc(C3CCCC3)s2)nc(-c2ccccc2)n1. The van der Waals surface area contributed by atoms with Gasteiger partial charge in [-0.05, 0) is 46.0 Å². The molecular weight excluding hydrogens is 506 g/mol. The molecule has 202 valence electrons. The van der Waals surface area contributed by atoms with Crippen LogP contribution in [-0.2, 0) is 0 Å². The second-order valence-electron chi connectivity index (χ2n) is 10.1. The molecule has 1 saturated carbocycles. The molecule has 39 heavy (non-hydrogen) atoms. The summed E-state index contributed by atoms with van der Waals surface area (Å²) in [6.07, 6.45) is 4.86. The van der Waals surface area contributed by atoms with Crippen molar-refractivity contribution >= 4 is 28.7 Å². The Morgan fingerprint density at radius 3 is 2.46 bits per heavy atom. The molecule has 2 heterocycles. The fraction of sp³-hybridized carbons (Fsp3) is 0.367. The minimum atomic E-state index is -0.285. The van der Waals surface area contributed by atoms with Crippen molar-refractivity contribution in [2.75, 3.05) is 43.9 Å². The highest BCUT2D eigenvalue weighted by molar-refractivity contribution is 7.14. The largest absolute Gasteiger partial charge is 0.355 e. The van der Waals surface area contributed by atoms with Gasteiger partial charge in [0.1, 0.15) is 21.5 Å². The molecule has 0 spiro atoms. The van der Waals surface area contributed by atoms with Gasteiger partial charge < -0.3 is 15.1 Å². The lowest BCUT2D eigenvalue weighted by Gasteiger charge is -2.24. The molecule has 0 unspecified atom stereocenters. The molecule has 9 heteroatoms. The number of hydrogen-bond donors (Lipinski definition) is 1. The molecule has 0 saturated heterocycles. The number of nitrogens with zero attached hydrogens (tertiary/aromatic N) is 6. The molecule has 1 fully saturated rings. The fourth-order valence-electron chi connectivity index (χ4n) is 4.83. The number of likely N-dealkylation sites (N-methyl/N-ethyl adjacent to an activating group) is 2. The van der Waals surface area contributed by atoms with E-state index in [4.69, 9.17) is 4.98 Å². The second kappa shape index (κ2) is 12.4. The van der Waals surface area contributed by atoms with Gasteiger partial charge in [0.15, 0.2) is 5.82 Å². The Morgan fingerprint density at radius 1 is 0.974 bits per heavy atom. The van der Waals surface area contributed by atoms with E-state index in [0.29, 0.717) is 23.1 Å². The Kier molecular flexibility index (Phi) is 8.58. The monoisotopic (exact) mass is 541 g/mol. The first-order valence-corrected chi connectivity index (χ1v) is 14.4. The maximum atomic E-state index is 13.7. The number of carbonyl (C=O) groups is 1. The first-order chi connectivity index (χ1) is 19.0. The Bertz CT molecular complexity index is 1400. The molecular formula is C30H35N7OS. The number of rotatable bonds is 10. The number of para-hydroxylation sites is 1. The molecule has 0 bridgehead atoms. The molecule has 4 aromatic rings. The van der Waals surface area contributed by atoms with Crippen LogP contribution in [0.15, 0.2) is 60.7 Å². The van der Waals surface area contributed by atoms with Gasteiger partial charge in [-0.2, -0.15) is 0 Å². The Balaban J connectivity index is 1.45. The van der Waals surface area contributed by atoms with Crippen molar-refractivity contribution in [3.05, 3.63) is 71.4 Å². The number of hydrogen-bond acceptors (Lipinski definition) is 8. The van der Waals surface area contributed by atoms with Crippen LogP contribution in [0.2, 0.25) is 0 Å². The lowest BCUT2D eigenvalue weighted by atomic mass is 10.1. The van der Waals surface area contributed by atoms with E-state index in [9.17, 15) is 4.79 Å². The van der Waals surface area contributed by atoms with Gasteiger partial charge in [0.25, 0.3) is 5.91 Å². The third kappa shape index (κ3) is 6.49. The first kappa shape index (κ1) is 26.9. The van der Waals surface area contributed by atoms with Crippen LogP contribution in [-0.4, -0.2) is 64.7 Å². The zero-order valence-corrected chi connectivity index (χ0v) is 23.6. The summed E-state index contributed by atoms with van der Waals surface area (Å²) in [5, 5.41) is 14.0. The number of benzene rings is 2. The van der Waals surface area contributed by atoms with Crippen molar-refractivity contribution in [1.29, 1.82) is 0 Å². The van der Waals surface area contributed by atoms with Gasteiger partial charge in [-0.25, -0.2) is 9.97 Å². The van der Waals surface area contributed by atoms with Crippen LogP contribution >= 0.6 is 11.3 Å². The molecule has 0 aliphatic heterocycles. The third-order valence-electron chi connectivity index (χ3n) is 7.05. The molecule has 1 aliphatic carbocycles. The molecule has 8 nitrogen and oxygen atoms in total. The molecule has 2 aromatic carbocycles. The van der Waals surface area contributed by atoms with Crippen molar-refractivity contribution in [3.63, 3.8) is 0 Å². The maximum Gasteiger partial charge on any atom is 0.274 e. The highest BCUT2D eigenvalue weighted by atomic mass is 32.1. The van der Waals surface area contributed by atoms with Crippen molar-refractivity contribution in [2.24, 2.45) is 0 Å². The third-order valence-corrected chi connectivity index (χ3v) is 8.17. The summed E-state index contributed by atoms with van der Waals surface area (Å²) in [6.45, 7) is 4.53. The van der Waals surface area contributed by atoms with Gasteiger partial charge in [-0.3, -0.25) is 4.79 Å².